The van der Waals surface area contributed by atoms with Crippen LogP contribution in [0.4, 0.5) is 18.9 Å². The van der Waals surface area contributed by atoms with Crippen LogP contribution in [0, 0.1) is 5.92 Å². The molecule has 192 valence electrons. The third-order valence-electron chi connectivity index (χ3n) is 6.21. The Balaban J connectivity index is 1.39. The second kappa shape index (κ2) is 9.56. The first-order valence-electron chi connectivity index (χ1n) is 11.4. The van der Waals surface area contributed by atoms with Gasteiger partial charge in [0.2, 0.25) is 0 Å². The topological polar surface area (TPSA) is 93.5 Å². The molecule has 0 aliphatic carbocycles. The van der Waals surface area contributed by atoms with Crippen LogP contribution in [0.2, 0.25) is 0 Å². The van der Waals surface area contributed by atoms with Crippen LogP contribution in [0.3, 0.4) is 0 Å². The van der Waals surface area contributed by atoms with E-state index in [2.05, 4.69) is 5.10 Å². The Morgan fingerprint density at radius 1 is 1.03 bits per heavy atom. The number of aromatic nitrogens is 2. The highest BCUT2D eigenvalue weighted by Gasteiger charge is 2.46. The summed E-state index contributed by atoms with van der Waals surface area (Å²) in [6.45, 7) is 0.208. The zero-order valence-corrected chi connectivity index (χ0v) is 20.1. The molecule has 3 aromatic carbocycles. The van der Waals surface area contributed by atoms with Crippen LogP contribution in [0.5, 0.6) is 5.75 Å². The van der Waals surface area contributed by atoms with E-state index < -0.39 is 21.6 Å². The monoisotopic (exact) mass is 529 g/mol. The fraction of sp³-hybridized carbons (Fsp3) is 0.192. The molecule has 1 aliphatic heterocycles. The smallest absolute Gasteiger partial charge is 0.493 e. The summed E-state index contributed by atoms with van der Waals surface area (Å²) >= 11 is 0. The SMILES string of the molecule is O=S(=O)(Nc1ccccc1-c1ccc2c(c1)OCC(Cc1ccnn1-c1ccccc1)C2O)C(F)(F)F. The van der Waals surface area contributed by atoms with Crippen LogP contribution in [-0.2, 0) is 16.4 Å². The normalized spacial score (nSPS) is 17.6. The minimum absolute atomic E-state index is 0.208. The number of benzene rings is 3. The molecule has 7 nitrogen and oxygen atoms in total. The number of anilines is 1. The number of aliphatic hydroxyl groups excluding tert-OH is 1. The van der Waals surface area contributed by atoms with Gasteiger partial charge in [0.05, 0.1) is 24.1 Å². The van der Waals surface area contributed by atoms with E-state index >= 15 is 0 Å². The van der Waals surface area contributed by atoms with Crippen molar-refractivity contribution in [1.29, 1.82) is 0 Å². The summed E-state index contributed by atoms with van der Waals surface area (Å²) in [5.41, 5.74) is -2.64. The van der Waals surface area contributed by atoms with Crippen LogP contribution in [-0.4, -0.2) is 35.4 Å². The standard InChI is InChI=1S/C26H22F3N3O4S/c27-26(28,29)37(34,35)31-23-9-5-4-8-21(23)17-10-11-22-24(15-17)36-16-18(25(22)33)14-20-12-13-30-32(20)19-6-2-1-3-7-19/h1-13,15,18,25,31,33H,14,16H2. The highest BCUT2D eigenvalue weighted by atomic mass is 32.2. The van der Waals surface area contributed by atoms with E-state index in [9.17, 15) is 26.7 Å². The molecular weight excluding hydrogens is 507 g/mol. The summed E-state index contributed by atoms with van der Waals surface area (Å²) in [7, 11) is -5.59. The number of hydrogen-bond acceptors (Lipinski definition) is 5. The maximum atomic E-state index is 12.9. The van der Waals surface area contributed by atoms with Gasteiger partial charge >= 0.3 is 15.5 Å². The fourth-order valence-electron chi connectivity index (χ4n) is 4.37. The number of sulfonamides is 1. The number of fused-ring (bicyclic) bond motifs is 1. The van der Waals surface area contributed by atoms with Crippen molar-refractivity contribution in [2.75, 3.05) is 11.3 Å². The molecule has 0 saturated carbocycles. The molecule has 37 heavy (non-hydrogen) atoms. The van der Waals surface area contributed by atoms with E-state index in [4.69, 9.17) is 4.74 Å². The van der Waals surface area contributed by atoms with Gasteiger partial charge in [0.15, 0.2) is 0 Å². The Morgan fingerprint density at radius 3 is 2.51 bits per heavy atom. The molecule has 0 spiro atoms. The van der Waals surface area contributed by atoms with E-state index in [-0.39, 0.29) is 23.8 Å². The van der Waals surface area contributed by atoms with Crippen molar-refractivity contribution in [2.45, 2.75) is 18.0 Å². The van der Waals surface area contributed by atoms with Gasteiger partial charge in [0, 0.05) is 28.9 Å². The van der Waals surface area contributed by atoms with Crippen molar-refractivity contribution in [1.82, 2.24) is 9.78 Å². The molecule has 0 fully saturated rings. The van der Waals surface area contributed by atoms with E-state index in [0.29, 0.717) is 23.3 Å². The van der Waals surface area contributed by atoms with E-state index in [0.717, 1.165) is 11.4 Å². The Labute approximate surface area is 211 Å². The lowest BCUT2D eigenvalue weighted by Gasteiger charge is -2.31. The van der Waals surface area contributed by atoms with Crippen LogP contribution in [0.15, 0.2) is 85.1 Å². The summed E-state index contributed by atoms with van der Waals surface area (Å²) in [6, 6.07) is 22.1. The number of nitrogens with zero attached hydrogens (tertiary/aromatic N) is 2. The summed E-state index contributed by atoms with van der Waals surface area (Å²) < 4.78 is 71.4. The molecule has 5 rings (SSSR count). The van der Waals surface area contributed by atoms with E-state index in [1.54, 1.807) is 35.2 Å². The summed E-state index contributed by atoms with van der Waals surface area (Å²) in [5.74, 6) is 0.120. The minimum Gasteiger partial charge on any atom is -0.493 e. The van der Waals surface area contributed by atoms with Gasteiger partial charge in [0.25, 0.3) is 0 Å². The van der Waals surface area contributed by atoms with Gasteiger partial charge in [0.1, 0.15) is 5.75 Å². The van der Waals surface area contributed by atoms with Crippen LogP contribution in [0.1, 0.15) is 17.4 Å². The zero-order valence-electron chi connectivity index (χ0n) is 19.3. The van der Waals surface area contributed by atoms with Crippen LogP contribution in [0.25, 0.3) is 16.8 Å². The van der Waals surface area contributed by atoms with Crippen molar-refractivity contribution < 1.29 is 31.4 Å². The molecule has 0 amide bonds. The molecule has 2 heterocycles. The first-order valence-corrected chi connectivity index (χ1v) is 12.8. The van der Waals surface area contributed by atoms with Crippen molar-refractivity contribution in [3.63, 3.8) is 0 Å². The van der Waals surface area contributed by atoms with Gasteiger partial charge in [-0.25, -0.2) is 4.68 Å². The van der Waals surface area contributed by atoms with Crippen molar-refractivity contribution >= 4 is 15.7 Å². The Kier molecular flexibility index (Phi) is 6.42. The lowest BCUT2D eigenvalue weighted by Crippen LogP contribution is -2.30. The number of ether oxygens (including phenoxy) is 1. The Hall–Kier alpha value is -3.83. The summed E-state index contributed by atoms with van der Waals surface area (Å²) in [5, 5.41) is 15.5. The number of hydrogen-bond donors (Lipinski definition) is 2. The molecule has 0 saturated heterocycles. The summed E-state index contributed by atoms with van der Waals surface area (Å²) in [4.78, 5) is 0. The third-order valence-corrected chi connectivity index (χ3v) is 7.31. The molecule has 4 aromatic rings. The zero-order chi connectivity index (χ0) is 26.2. The maximum Gasteiger partial charge on any atom is 0.516 e. The van der Waals surface area contributed by atoms with Crippen LogP contribution >= 0.6 is 0 Å². The second-order valence-corrected chi connectivity index (χ2v) is 10.3. The molecule has 0 bridgehead atoms. The number of aliphatic hydroxyl groups is 1. The average Bonchev–Trinajstić information content (AvgIpc) is 3.34. The quantitative estimate of drug-likeness (QED) is 0.363. The molecule has 1 aromatic heterocycles. The van der Waals surface area contributed by atoms with E-state index in [1.807, 2.05) is 41.1 Å². The lowest BCUT2D eigenvalue weighted by molar-refractivity contribution is -0.0429. The van der Waals surface area contributed by atoms with Crippen LogP contribution < -0.4 is 9.46 Å². The van der Waals surface area contributed by atoms with Gasteiger partial charge in [-0.05, 0) is 42.3 Å². The maximum absolute atomic E-state index is 12.9. The second-order valence-electron chi connectivity index (χ2n) is 8.64. The van der Waals surface area contributed by atoms with Crippen molar-refractivity contribution in [3.05, 3.63) is 96.3 Å². The predicted molar refractivity (Wildman–Crippen MR) is 132 cm³/mol. The number of para-hydroxylation sites is 2. The van der Waals surface area contributed by atoms with Gasteiger partial charge in [-0.2, -0.15) is 26.7 Å². The highest BCUT2D eigenvalue weighted by molar-refractivity contribution is 7.93. The molecule has 2 unspecified atom stereocenters. The highest BCUT2D eigenvalue weighted by Crippen LogP contribution is 2.41. The number of nitrogens with one attached hydrogen (secondary N) is 1. The fourth-order valence-corrected chi connectivity index (χ4v) is 4.95. The molecule has 2 atom stereocenters. The van der Waals surface area contributed by atoms with Gasteiger partial charge < -0.3 is 9.84 Å². The molecule has 11 heteroatoms. The molecular formula is C26H22F3N3O4S. The first-order chi connectivity index (χ1) is 17.6. The first kappa shape index (κ1) is 24.8. The largest absolute Gasteiger partial charge is 0.516 e. The summed E-state index contributed by atoms with van der Waals surface area (Å²) in [6.07, 6.45) is 1.35. The van der Waals surface area contributed by atoms with Crippen molar-refractivity contribution in [3.8, 4) is 22.6 Å². The van der Waals surface area contributed by atoms with Crippen molar-refractivity contribution in [2.24, 2.45) is 5.92 Å². The van der Waals surface area contributed by atoms with Gasteiger partial charge in [-0.1, -0.05) is 48.5 Å². The van der Waals surface area contributed by atoms with Gasteiger partial charge in [-0.3, -0.25) is 4.72 Å². The molecule has 2 N–H and O–H groups in total. The Bertz CT molecular complexity index is 1520. The lowest BCUT2D eigenvalue weighted by atomic mass is 9.88. The predicted octanol–water partition coefficient (Wildman–Crippen LogP) is 5.09. The molecule has 1 aliphatic rings. The average molecular weight is 530 g/mol. The Morgan fingerprint density at radius 2 is 1.76 bits per heavy atom. The molecule has 0 radical (unpaired) electrons. The number of alkyl halides is 3. The number of rotatable bonds is 6. The third kappa shape index (κ3) is 4.92. The van der Waals surface area contributed by atoms with Gasteiger partial charge in [-0.15, -0.1) is 0 Å². The minimum atomic E-state index is -5.59. The number of halogens is 3. The van der Waals surface area contributed by atoms with E-state index in [1.165, 1.54) is 18.2 Å².